The number of ether oxygens (including phenoxy) is 1. The number of hydrogen-bond donors (Lipinski definition) is 2. The van der Waals surface area contributed by atoms with Crippen LogP contribution in [-0.4, -0.2) is 32.3 Å². The minimum atomic E-state index is -0.246. The highest BCUT2D eigenvalue weighted by molar-refractivity contribution is 6.02. The fourth-order valence-electron chi connectivity index (χ4n) is 1.51. The lowest BCUT2D eigenvalue weighted by molar-refractivity contribution is 0.101. The summed E-state index contributed by atoms with van der Waals surface area (Å²) in [5.41, 5.74) is 1.56. The SMILES string of the molecule is CCOc1n[nH]c(NC(=O)c2ccc(C)n2C)n1. The van der Waals surface area contributed by atoms with Crippen molar-refractivity contribution in [3.8, 4) is 6.01 Å². The number of aromatic amines is 1. The van der Waals surface area contributed by atoms with Crippen molar-refractivity contribution < 1.29 is 9.53 Å². The molecule has 0 unspecified atom stereocenters. The highest BCUT2D eigenvalue weighted by atomic mass is 16.5. The fraction of sp³-hybridized carbons (Fsp3) is 0.364. The molecule has 0 spiro atoms. The number of carbonyl (C=O) groups excluding carboxylic acids is 1. The van der Waals surface area contributed by atoms with Crippen LogP contribution in [0.2, 0.25) is 0 Å². The molecule has 1 amide bonds. The zero-order valence-electron chi connectivity index (χ0n) is 10.5. The van der Waals surface area contributed by atoms with E-state index in [1.165, 1.54) is 0 Å². The maximum Gasteiger partial charge on any atom is 0.337 e. The zero-order valence-corrected chi connectivity index (χ0v) is 10.5. The van der Waals surface area contributed by atoms with Gasteiger partial charge in [0.1, 0.15) is 5.69 Å². The van der Waals surface area contributed by atoms with Crippen molar-refractivity contribution in [1.29, 1.82) is 0 Å². The van der Waals surface area contributed by atoms with Gasteiger partial charge >= 0.3 is 6.01 Å². The molecule has 0 aliphatic rings. The van der Waals surface area contributed by atoms with E-state index in [0.717, 1.165) is 5.69 Å². The van der Waals surface area contributed by atoms with Gasteiger partial charge in [0.2, 0.25) is 5.95 Å². The van der Waals surface area contributed by atoms with Gasteiger partial charge in [-0.05, 0) is 26.0 Å². The van der Waals surface area contributed by atoms with Gasteiger partial charge in [0.25, 0.3) is 5.91 Å². The van der Waals surface area contributed by atoms with Crippen LogP contribution in [0, 0.1) is 6.92 Å². The van der Waals surface area contributed by atoms with Gasteiger partial charge in [-0.2, -0.15) is 4.98 Å². The van der Waals surface area contributed by atoms with E-state index in [9.17, 15) is 4.79 Å². The van der Waals surface area contributed by atoms with Gasteiger partial charge in [-0.3, -0.25) is 10.1 Å². The summed E-state index contributed by atoms with van der Waals surface area (Å²) in [4.78, 5) is 15.9. The average Bonchev–Trinajstić information content (AvgIpc) is 2.89. The predicted molar refractivity (Wildman–Crippen MR) is 65.7 cm³/mol. The molecule has 0 fully saturated rings. The standard InChI is InChI=1S/C11H15N5O2/c1-4-18-11-13-10(14-15-11)12-9(17)8-6-5-7(2)16(8)3/h5-6H,4H2,1-3H3,(H2,12,13,14,15,17). The van der Waals surface area contributed by atoms with Gasteiger partial charge < -0.3 is 9.30 Å². The van der Waals surface area contributed by atoms with Crippen LogP contribution in [-0.2, 0) is 7.05 Å². The monoisotopic (exact) mass is 249 g/mol. The van der Waals surface area contributed by atoms with Crippen LogP contribution in [0.5, 0.6) is 6.01 Å². The number of anilines is 1. The molecule has 0 atom stereocenters. The molecule has 18 heavy (non-hydrogen) atoms. The Hall–Kier alpha value is -2.31. The normalized spacial score (nSPS) is 10.4. The minimum Gasteiger partial charge on any atom is -0.463 e. The molecule has 0 bridgehead atoms. The van der Waals surface area contributed by atoms with E-state index < -0.39 is 0 Å². The Morgan fingerprint density at radius 1 is 1.56 bits per heavy atom. The summed E-state index contributed by atoms with van der Waals surface area (Å²) in [5, 5.41) is 9.01. The lowest BCUT2D eigenvalue weighted by Crippen LogP contribution is -2.16. The third-order valence-electron chi connectivity index (χ3n) is 2.58. The molecular weight excluding hydrogens is 234 g/mol. The van der Waals surface area contributed by atoms with Crippen molar-refractivity contribution in [2.45, 2.75) is 13.8 Å². The van der Waals surface area contributed by atoms with E-state index in [1.54, 1.807) is 10.6 Å². The summed E-state index contributed by atoms with van der Waals surface area (Å²) in [5.74, 6) is 0.0205. The van der Waals surface area contributed by atoms with Crippen molar-refractivity contribution in [3.63, 3.8) is 0 Å². The van der Waals surface area contributed by atoms with Crippen molar-refractivity contribution in [2.24, 2.45) is 7.05 Å². The number of nitrogens with zero attached hydrogens (tertiary/aromatic N) is 3. The number of rotatable bonds is 4. The van der Waals surface area contributed by atoms with Crippen molar-refractivity contribution in [3.05, 3.63) is 23.5 Å². The van der Waals surface area contributed by atoms with Gasteiger partial charge in [-0.15, -0.1) is 5.10 Å². The van der Waals surface area contributed by atoms with Crippen LogP contribution >= 0.6 is 0 Å². The largest absolute Gasteiger partial charge is 0.463 e. The predicted octanol–water partition coefficient (Wildman–Crippen LogP) is 1.10. The average molecular weight is 249 g/mol. The van der Waals surface area contributed by atoms with Crippen molar-refractivity contribution >= 4 is 11.9 Å². The number of carbonyl (C=O) groups is 1. The lowest BCUT2D eigenvalue weighted by atomic mass is 10.4. The van der Waals surface area contributed by atoms with Crippen LogP contribution in [0.1, 0.15) is 23.1 Å². The van der Waals surface area contributed by atoms with E-state index in [4.69, 9.17) is 4.74 Å². The Labute approximate surface area is 104 Å². The van der Waals surface area contributed by atoms with Gasteiger partial charge in [0, 0.05) is 12.7 Å². The molecule has 0 aromatic carbocycles. The second-order valence-electron chi connectivity index (χ2n) is 3.77. The van der Waals surface area contributed by atoms with Gasteiger partial charge in [0.05, 0.1) is 6.61 Å². The number of H-pyrrole nitrogens is 1. The number of amides is 1. The lowest BCUT2D eigenvalue weighted by Gasteiger charge is -2.04. The first kappa shape index (κ1) is 12.2. The topological polar surface area (TPSA) is 84.8 Å². The summed E-state index contributed by atoms with van der Waals surface area (Å²) < 4.78 is 6.89. The highest BCUT2D eigenvalue weighted by Gasteiger charge is 2.13. The quantitative estimate of drug-likeness (QED) is 0.849. The molecule has 2 rings (SSSR count). The molecule has 0 saturated carbocycles. The Morgan fingerprint density at radius 2 is 2.33 bits per heavy atom. The molecule has 0 saturated heterocycles. The summed E-state index contributed by atoms with van der Waals surface area (Å²) in [6.07, 6.45) is 0. The zero-order chi connectivity index (χ0) is 13.1. The van der Waals surface area contributed by atoms with Crippen LogP contribution in [0.3, 0.4) is 0 Å². The van der Waals surface area contributed by atoms with Crippen LogP contribution in [0.4, 0.5) is 5.95 Å². The molecule has 2 aromatic rings. The van der Waals surface area contributed by atoms with Crippen LogP contribution in [0.15, 0.2) is 12.1 Å². The summed E-state index contributed by atoms with van der Waals surface area (Å²) in [6, 6.07) is 3.85. The van der Waals surface area contributed by atoms with Gasteiger partial charge in [-0.1, -0.05) is 0 Å². The second-order valence-corrected chi connectivity index (χ2v) is 3.77. The fourth-order valence-corrected chi connectivity index (χ4v) is 1.51. The summed E-state index contributed by atoms with van der Waals surface area (Å²) in [7, 11) is 1.83. The molecular formula is C11H15N5O2. The molecule has 2 heterocycles. The Balaban J connectivity index is 2.09. The van der Waals surface area contributed by atoms with Gasteiger partial charge in [-0.25, -0.2) is 5.10 Å². The van der Waals surface area contributed by atoms with E-state index in [2.05, 4.69) is 20.5 Å². The first-order valence-electron chi connectivity index (χ1n) is 5.60. The minimum absolute atomic E-state index is 0.218. The van der Waals surface area contributed by atoms with Crippen LogP contribution < -0.4 is 10.1 Å². The number of nitrogens with one attached hydrogen (secondary N) is 2. The third kappa shape index (κ3) is 2.34. The molecule has 0 aliphatic heterocycles. The third-order valence-corrected chi connectivity index (χ3v) is 2.58. The van der Waals surface area contributed by atoms with E-state index in [-0.39, 0.29) is 17.9 Å². The molecule has 7 heteroatoms. The Bertz CT molecular complexity index is 558. The van der Waals surface area contributed by atoms with Crippen molar-refractivity contribution in [1.82, 2.24) is 19.7 Å². The first-order valence-corrected chi connectivity index (χ1v) is 5.60. The maximum absolute atomic E-state index is 12.0. The van der Waals surface area contributed by atoms with E-state index in [0.29, 0.717) is 12.3 Å². The molecule has 7 nitrogen and oxygen atoms in total. The number of aryl methyl sites for hydroxylation is 1. The van der Waals surface area contributed by atoms with Gasteiger partial charge in [0.15, 0.2) is 0 Å². The highest BCUT2D eigenvalue weighted by Crippen LogP contribution is 2.10. The van der Waals surface area contributed by atoms with Crippen LogP contribution in [0.25, 0.3) is 0 Å². The molecule has 2 aromatic heterocycles. The second kappa shape index (κ2) is 4.91. The number of hydrogen-bond acceptors (Lipinski definition) is 4. The number of aromatic nitrogens is 4. The van der Waals surface area contributed by atoms with E-state index in [1.807, 2.05) is 27.0 Å². The maximum atomic E-state index is 12.0. The van der Waals surface area contributed by atoms with Crippen molar-refractivity contribution in [2.75, 3.05) is 11.9 Å². The first-order chi connectivity index (χ1) is 8.61. The molecule has 0 aliphatic carbocycles. The molecule has 96 valence electrons. The Morgan fingerprint density at radius 3 is 2.94 bits per heavy atom. The smallest absolute Gasteiger partial charge is 0.337 e. The summed E-state index contributed by atoms with van der Waals surface area (Å²) >= 11 is 0. The molecule has 2 N–H and O–H groups in total. The van der Waals surface area contributed by atoms with E-state index >= 15 is 0 Å². The molecule has 0 radical (unpaired) electrons. The summed E-state index contributed by atoms with van der Waals surface area (Å²) in [6.45, 7) is 4.24. The Kier molecular flexibility index (Phi) is 3.31.